The van der Waals surface area contributed by atoms with Crippen LogP contribution in [-0.2, 0) is 4.79 Å². The highest BCUT2D eigenvalue weighted by Crippen LogP contribution is 2.27. The van der Waals surface area contributed by atoms with Gasteiger partial charge in [-0.25, -0.2) is 5.43 Å². The van der Waals surface area contributed by atoms with Gasteiger partial charge in [-0.2, -0.15) is 5.10 Å². The van der Waals surface area contributed by atoms with Gasteiger partial charge in [-0.3, -0.25) is 25.0 Å². The van der Waals surface area contributed by atoms with Crippen LogP contribution in [0.25, 0.3) is 0 Å². The van der Waals surface area contributed by atoms with Gasteiger partial charge >= 0.3 is 5.69 Å². The van der Waals surface area contributed by atoms with Gasteiger partial charge in [-0.05, 0) is 18.6 Å². The first-order valence-corrected chi connectivity index (χ1v) is 7.31. The van der Waals surface area contributed by atoms with Crippen LogP contribution in [0.3, 0.4) is 0 Å². The highest BCUT2D eigenvalue weighted by Gasteiger charge is 2.16. The lowest BCUT2D eigenvalue weighted by atomic mass is 10.2. The maximum absolute atomic E-state index is 11.7. The van der Waals surface area contributed by atoms with Gasteiger partial charge in [-0.15, -0.1) is 0 Å². The van der Waals surface area contributed by atoms with E-state index in [0.29, 0.717) is 11.1 Å². The molecule has 134 valence electrons. The van der Waals surface area contributed by atoms with E-state index in [1.165, 1.54) is 36.5 Å². The molecule has 2 rings (SSSR count). The van der Waals surface area contributed by atoms with Crippen molar-refractivity contribution in [3.05, 3.63) is 73.8 Å². The number of benzene rings is 2. The molecule has 1 amide bonds. The van der Waals surface area contributed by atoms with Crippen LogP contribution in [0.5, 0.6) is 5.75 Å². The van der Waals surface area contributed by atoms with Crippen molar-refractivity contribution in [1.82, 2.24) is 5.43 Å². The quantitative estimate of drug-likeness (QED) is 0.458. The molecule has 0 aromatic heterocycles. The number of hydrogen-bond acceptors (Lipinski definition) is 7. The van der Waals surface area contributed by atoms with E-state index in [1.54, 1.807) is 19.1 Å². The third-order valence-corrected chi connectivity index (χ3v) is 3.15. The molecule has 0 spiro atoms. The summed E-state index contributed by atoms with van der Waals surface area (Å²) in [6, 6.07) is 10.1. The van der Waals surface area contributed by atoms with E-state index in [9.17, 15) is 25.0 Å². The Labute approximate surface area is 147 Å². The molecule has 0 radical (unpaired) electrons. The summed E-state index contributed by atoms with van der Waals surface area (Å²) in [7, 11) is 0. The number of nitro groups is 2. The van der Waals surface area contributed by atoms with Gasteiger partial charge in [0.25, 0.3) is 11.6 Å². The van der Waals surface area contributed by atoms with Crippen LogP contribution in [0, 0.1) is 27.2 Å². The number of nitro benzene ring substituents is 2. The molecule has 10 heteroatoms. The summed E-state index contributed by atoms with van der Waals surface area (Å²) in [5, 5.41) is 25.3. The fourth-order valence-electron chi connectivity index (χ4n) is 1.97. The normalized spacial score (nSPS) is 10.5. The van der Waals surface area contributed by atoms with Crippen LogP contribution in [0.2, 0.25) is 0 Å². The monoisotopic (exact) mass is 358 g/mol. The van der Waals surface area contributed by atoms with Crippen molar-refractivity contribution in [2.75, 3.05) is 6.61 Å². The van der Waals surface area contributed by atoms with E-state index in [4.69, 9.17) is 4.74 Å². The summed E-state index contributed by atoms with van der Waals surface area (Å²) in [6.07, 6.45) is 1.24. The standard InChI is InChI=1S/C16H14N4O6/c1-11-5-6-15(14(7-11)20(24)25)26-10-16(21)18-17-9-12-3-2-4-13(8-12)19(22)23/h2-9H,10H2,1H3,(H,18,21)/b17-9-. The van der Waals surface area contributed by atoms with Crippen molar-refractivity contribution in [3.8, 4) is 5.75 Å². The molecule has 1 N–H and O–H groups in total. The average molecular weight is 358 g/mol. The van der Waals surface area contributed by atoms with Gasteiger partial charge in [-0.1, -0.05) is 18.2 Å². The van der Waals surface area contributed by atoms with Gasteiger partial charge in [0.05, 0.1) is 16.1 Å². The Morgan fingerprint density at radius 1 is 1.19 bits per heavy atom. The molecule has 26 heavy (non-hydrogen) atoms. The predicted octanol–water partition coefficient (Wildman–Crippen LogP) is 2.34. The Morgan fingerprint density at radius 2 is 1.96 bits per heavy atom. The number of nitrogens with one attached hydrogen (secondary N) is 1. The number of hydrogen-bond donors (Lipinski definition) is 1. The second-order valence-corrected chi connectivity index (χ2v) is 5.16. The molecule has 0 aliphatic rings. The number of non-ortho nitro benzene ring substituents is 1. The second-order valence-electron chi connectivity index (χ2n) is 5.16. The lowest BCUT2D eigenvalue weighted by Gasteiger charge is -2.06. The smallest absolute Gasteiger partial charge is 0.311 e. The van der Waals surface area contributed by atoms with E-state index in [2.05, 4.69) is 10.5 Å². The minimum atomic E-state index is -0.637. The van der Waals surface area contributed by atoms with Gasteiger partial charge in [0.1, 0.15) is 0 Å². The van der Waals surface area contributed by atoms with Crippen molar-refractivity contribution >= 4 is 23.5 Å². The van der Waals surface area contributed by atoms with Crippen LogP contribution in [0.1, 0.15) is 11.1 Å². The van der Waals surface area contributed by atoms with Gasteiger partial charge in [0.2, 0.25) is 0 Å². The Balaban J connectivity index is 1.93. The third kappa shape index (κ3) is 5.09. The molecule has 0 saturated heterocycles. The number of amides is 1. The van der Waals surface area contributed by atoms with Crippen molar-refractivity contribution in [1.29, 1.82) is 0 Å². The molecular formula is C16H14N4O6. The fraction of sp³-hybridized carbons (Fsp3) is 0.125. The number of rotatable bonds is 7. The fourth-order valence-corrected chi connectivity index (χ4v) is 1.97. The number of carbonyl (C=O) groups excluding carboxylic acids is 1. The zero-order valence-electron chi connectivity index (χ0n) is 13.6. The summed E-state index contributed by atoms with van der Waals surface area (Å²) in [5.74, 6) is -0.667. The van der Waals surface area contributed by atoms with Crippen LogP contribution >= 0.6 is 0 Å². The Kier molecular flexibility index (Phi) is 5.93. The van der Waals surface area contributed by atoms with Crippen LogP contribution in [0.4, 0.5) is 11.4 Å². The van der Waals surface area contributed by atoms with Crippen molar-refractivity contribution < 1.29 is 19.4 Å². The van der Waals surface area contributed by atoms with Crippen molar-refractivity contribution in [3.63, 3.8) is 0 Å². The largest absolute Gasteiger partial charge is 0.477 e. The van der Waals surface area contributed by atoms with Crippen molar-refractivity contribution in [2.24, 2.45) is 5.10 Å². The van der Waals surface area contributed by atoms with Gasteiger partial charge < -0.3 is 4.74 Å². The average Bonchev–Trinajstić information content (AvgIpc) is 2.60. The van der Waals surface area contributed by atoms with Crippen LogP contribution in [-0.4, -0.2) is 28.6 Å². The SMILES string of the molecule is Cc1ccc(OCC(=O)N/N=C\c2cccc([N+](=O)[O-])c2)c([N+](=O)[O-])c1. The molecule has 0 saturated carbocycles. The molecule has 0 atom stereocenters. The molecule has 2 aromatic carbocycles. The first kappa shape index (κ1) is 18.5. The summed E-state index contributed by atoms with van der Waals surface area (Å²) >= 11 is 0. The third-order valence-electron chi connectivity index (χ3n) is 3.15. The zero-order chi connectivity index (χ0) is 19.1. The highest BCUT2D eigenvalue weighted by molar-refractivity contribution is 5.83. The molecule has 0 heterocycles. The number of hydrazone groups is 1. The molecular weight excluding hydrogens is 344 g/mol. The lowest BCUT2D eigenvalue weighted by Crippen LogP contribution is -2.24. The maximum Gasteiger partial charge on any atom is 0.311 e. The molecule has 0 fully saturated rings. The summed E-state index contributed by atoms with van der Waals surface area (Å²) in [6.45, 7) is 1.22. The number of aryl methyl sites for hydroxylation is 1. The van der Waals surface area contributed by atoms with Crippen LogP contribution < -0.4 is 10.2 Å². The Hall–Kier alpha value is -3.82. The molecule has 2 aromatic rings. The summed E-state index contributed by atoms with van der Waals surface area (Å²) in [5.41, 5.74) is 2.95. The number of carbonyl (C=O) groups is 1. The zero-order valence-corrected chi connectivity index (χ0v) is 13.6. The summed E-state index contributed by atoms with van der Waals surface area (Å²) < 4.78 is 5.15. The van der Waals surface area contributed by atoms with E-state index in [-0.39, 0.29) is 17.1 Å². The van der Waals surface area contributed by atoms with E-state index < -0.39 is 22.4 Å². The molecule has 0 unspecified atom stereocenters. The van der Waals surface area contributed by atoms with Gasteiger partial charge in [0, 0.05) is 23.8 Å². The van der Waals surface area contributed by atoms with Crippen molar-refractivity contribution in [2.45, 2.75) is 6.92 Å². The molecule has 0 aliphatic heterocycles. The van der Waals surface area contributed by atoms with Gasteiger partial charge in [0.15, 0.2) is 12.4 Å². The maximum atomic E-state index is 11.7. The minimum Gasteiger partial charge on any atom is -0.477 e. The Bertz CT molecular complexity index is 881. The molecule has 0 aliphatic carbocycles. The molecule has 10 nitrogen and oxygen atoms in total. The lowest BCUT2D eigenvalue weighted by molar-refractivity contribution is -0.385. The van der Waals surface area contributed by atoms with E-state index >= 15 is 0 Å². The van der Waals surface area contributed by atoms with Crippen LogP contribution in [0.15, 0.2) is 47.6 Å². The topological polar surface area (TPSA) is 137 Å². The second kappa shape index (κ2) is 8.33. The predicted molar refractivity (Wildman–Crippen MR) is 92.2 cm³/mol. The van der Waals surface area contributed by atoms with E-state index in [1.807, 2.05) is 0 Å². The highest BCUT2D eigenvalue weighted by atomic mass is 16.6. The Morgan fingerprint density at radius 3 is 2.65 bits per heavy atom. The number of ether oxygens (including phenoxy) is 1. The minimum absolute atomic E-state index is 0.0292. The first-order valence-electron chi connectivity index (χ1n) is 7.31. The summed E-state index contributed by atoms with van der Waals surface area (Å²) in [4.78, 5) is 32.2. The number of nitrogens with zero attached hydrogens (tertiary/aromatic N) is 3. The molecule has 0 bridgehead atoms. The first-order chi connectivity index (χ1) is 12.4. The van der Waals surface area contributed by atoms with E-state index in [0.717, 1.165) is 0 Å².